The van der Waals surface area contributed by atoms with Crippen molar-refractivity contribution in [3.8, 4) is 11.8 Å². The molecule has 5 rings (SSSR count). The molecule has 1 fully saturated rings. The lowest BCUT2D eigenvalue weighted by atomic mass is 9.68. The van der Waals surface area contributed by atoms with Crippen molar-refractivity contribution >= 4 is 34.0 Å². The van der Waals surface area contributed by atoms with Crippen LogP contribution in [0.2, 0.25) is 5.02 Å². The van der Waals surface area contributed by atoms with Gasteiger partial charge in [-0.05, 0) is 41.5 Å². The summed E-state index contributed by atoms with van der Waals surface area (Å²) in [4.78, 5) is 18.3. The summed E-state index contributed by atoms with van der Waals surface area (Å²) in [7, 11) is 1.62. The van der Waals surface area contributed by atoms with Gasteiger partial charge in [-0.25, -0.2) is 0 Å². The zero-order valence-corrected chi connectivity index (χ0v) is 22.4. The molecule has 1 aliphatic rings. The van der Waals surface area contributed by atoms with Crippen molar-refractivity contribution in [1.29, 1.82) is 5.26 Å². The minimum atomic E-state index is -1.37. The lowest BCUT2D eigenvalue weighted by molar-refractivity contribution is -0.139. The van der Waals surface area contributed by atoms with Crippen molar-refractivity contribution in [2.75, 3.05) is 38.2 Å². The zero-order chi connectivity index (χ0) is 26.7. The number of amides is 1. The number of piperazine rings is 1. The van der Waals surface area contributed by atoms with Gasteiger partial charge < -0.3 is 14.5 Å². The molecule has 0 aliphatic carbocycles. The minimum Gasteiger partial charge on any atom is -0.496 e. The summed E-state index contributed by atoms with van der Waals surface area (Å²) in [6, 6.07) is 32.1. The van der Waals surface area contributed by atoms with Crippen LogP contribution >= 0.6 is 11.6 Å². The van der Waals surface area contributed by atoms with Gasteiger partial charge in [-0.2, -0.15) is 5.26 Å². The summed E-state index contributed by atoms with van der Waals surface area (Å²) in [5, 5.41) is 13.5. The third kappa shape index (κ3) is 4.57. The van der Waals surface area contributed by atoms with E-state index in [0.29, 0.717) is 37.0 Å². The van der Waals surface area contributed by atoms with Gasteiger partial charge in [0.1, 0.15) is 11.2 Å². The lowest BCUT2D eigenvalue weighted by Crippen LogP contribution is -2.53. The van der Waals surface area contributed by atoms with Crippen LogP contribution in [-0.2, 0) is 4.79 Å². The highest BCUT2D eigenvalue weighted by atomic mass is 35.5. The molecule has 5 nitrogen and oxygen atoms in total. The smallest absolute Gasteiger partial charge is 0.243 e. The Labute approximate surface area is 228 Å². The van der Waals surface area contributed by atoms with Gasteiger partial charge in [0.25, 0.3) is 0 Å². The Balaban J connectivity index is 1.55. The van der Waals surface area contributed by atoms with Gasteiger partial charge in [-0.15, -0.1) is 0 Å². The van der Waals surface area contributed by atoms with Crippen molar-refractivity contribution in [3.05, 3.63) is 107 Å². The predicted molar refractivity (Wildman–Crippen MR) is 153 cm³/mol. The molecule has 0 bridgehead atoms. The molecule has 0 spiro atoms. The first-order valence-corrected chi connectivity index (χ1v) is 13.2. The number of carbonyl (C=O) groups is 1. The molecule has 4 aromatic carbocycles. The summed E-state index contributed by atoms with van der Waals surface area (Å²) >= 11 is 6.43. The number of halogens is 1. The number of methoxy groups -OCH3 is 1. The highest BCUT2D eigenvalue weighted by Crippen LogP contribution is 2.47. The third-order valence-corrected chi connectivity index (χ3v) is 7.92. The average molecular weight is 524 g/mol. The van der Waals surface area contributed by atoms with Gasteiger partial charge in [0.2, 0.25) is 5.91 Å². The SMILES string of the molecule is COc1ccccc1C(c1cccc2ccccc12)[C@@](C)(C#N)C(=O)N1CCN(c2ccccc2Cl)CC1. The van der Waals surface area contributed by atoms with Crippen LogP contribution in [0.3, 0.4) is 0 Å². The van der Waals surface area contributed by atoms with Gasteiger partial charge >= 0.3 is 0 Å². The number of nitriles is 1. The molecule has 38 heavy (non-hydrogen) atoms. The van der Waals surface area contributed by atoms with Crippen LogP contribution in [0.1, 0.15) is 24.0 Å². The van der Waals surface area contributed by atoms with Gasteiger partial charge in [-0.3, -0.25) is 4.79 Å². The molecule has 1 amide bonds. The molecule has 4 aromatic rings. The molecular formula is C32H30ClN3O2. The summed E-state index contributed by atoms with van der Waals surface area (Å²) in [5.41, 5.74) is 1.34. The van der Waals surface area contributed by atoms with Crippen LogP contribution in [0.25, 0.3) is 10.8 Å². The molecule has 0 aromatic heterocycles. The van der Waals surface area contributed by atoms with E-state index in [1.807, 2.05) is 77.7 Å². The van der Waals surface area contributed by atoms with Crippen molar-refractivity contribution < 1.29 is 9.53 Å². The number of para-hydroxylation sites is 2. The summed E-state index contributed by atoms with van der Waals surface area (Å²) in [5.74, 6) is -0.0604. The van der Waals surface area contributed by atoms with Crippen molar-refractivity contribution in [2.24, 2.45) is 5.41 Å². The number of carbonyl (C=O) groups excluding carboxylic acids is 1. The first kappa shape index (κ1) is 25.6. The molecule has 192 valence electrons. The van der Waals surface area contributed by atoms with Crippen LogP contribution in [-0.4, -0.2) is 44.1 Å². The second kappa shape index (κ2) is 10.8. The Hall–Kier alpha value is -4.01. The fourth-order valence-corrected chi connectivity index (χ4v) is 5.87. The van der Waals surface area contributed by atoms with E-state index in [1.54, 1.807) is 14.0 Å². The molecule has 0 radical (unpaired) electrons. The van der Waals surface area contributed by atoms with E-state index in [-0.39, 0.29) is 5.91 Å². The lowest BCUT2D eigenvalue weighted by Gasteiger charge is -2.41. The highest BCUT2D eigenvalue weighted by molar-refractivity contribution is 6.33. The molecule has 1 saturated heterocycles. The van der Waals surface area contributed by atoms with Crippen LogP contribution in [0.15, 0.2) is 91.0 Å². The molecular weight excluding hydrogens is 494 g/mol. The standard InChI is InChI=1S/C32H30ClN3O2/c1-32(22-34,31(37)36-20-18-35(19-21-36)28-16-7-6-15-27(28)33)30(26-13-5-8-17-29(26)38-2)25-14-9-11-23-10-3-4-12-24(23)25/h3-17,30H,18-21H2,1-2H3/t30?,32-/m1/s1. The topological polar surface area (TPSA) is 56.6 Å². The Bertz CT molecular complexity index is 1500. The Kier molecular flexibility index (Phi) is 7.26. The second-order valence-corrected chi connectivity index (χ2v) is 10.2. The van der Waals surface area contributed by atoms with E-state index >= 15 is 0 Å². The normalized spacial score (nSPS) is 15.9. The molecule has 0 N–H and O–H groups in total. The maximum absolute atomic E-state index is 14.3. The average Bonchev–Trinajstić information content (AvgIpc) is 2.97. The van der Waals surface area contributed by atoms with Crippen LogP contribution < -0.4 is 9.64 Å². The number of anilines is 1. The van der Waals surface area contributed by atoms with Gasteiger partial charge in [0, 0.05) is 37.7 Å². The maximum atomic E-state index is 14.3. The Morgan fingerprint density at radius 2 is 1.53 bits per heavy atom. The van der Waals surface area contributed by atoms with E-state index in [9.17, 15) is 10.1 Å². The Morgan fingerprint density at radius 3 is 2.26 bits per heavy atom. The summed E-state index contributed by atoms with van der Waals surface area (Å²) in [6.07, 6.45) is 0. The number of benzene rings is 4. The maximum Gasteiger partial charge on any atom is 0.243 e. The predicted octanol–water partition coefficient (Wildman–Crippen LogP) is 6.51. The van der Waals surface area contributed by atoms with Gasteiger partial charge in [0.05, 0.1) is 23.9 Å². The molecule has 2 atom stereocenters. The fraction of sp³-hybridized carbons (Fsp3) is 0.250. The minimum absolute atomic E-state index is 0.178. The number of fused-ring (bicyclic) bond motifs is 1. The first-order chi connectivity index (χ1) is 18.5. The van der Waals surface area contributed by atoms with Gasteiger partial charge in [0.15, 0.2) is 0 Å². The monoisotopic (exact) mass is 523 g/mol. The second-order valence-electron chi connectivity index (χ2n) is 9.79. The van der Waals surface area contributed by atoms with Crippen molar-refractivity contribution in [2.45, 2.75) is 12.8 Å². The van der Waals surface area contributed by atoms with E-state index in [4.69, 9.17) is 16.3 Å². The first-order valence-electron chi connectivity index (χ1n) is 12.8. The number of hydrogen-bond acceptors (Lipinski definition) is 4. The number of ether oxygens (including phenoxy) is 1. The van der Waals surface area contributed by atoms with Crippen LogP contribution in [0.4, 0.5) is 5.69 Å². The Morgan fingerprint density at radius 1 is 0.895 bits per heavy atom. The fourth-order valence-electron chi connectivity index (χ4n) is 5.62. The number of nitrogens with zero attached hydrogens (tertiary/aromatic N) is 3. The van der Waals surface area contributed by atoms with Crippen molar-refractivity contribution in [1.82, 2.24) is 4.90 Å². The van der Waals surface area contributed by atoms with Crippen molar-refractivity contribution in [3.63, 3.8) is 0 Å². The molecule has 1 aliphatic heterocycles. The van der Waals surface area contributed by atoms with E-state index in [1.165, 1.54) is 0 Å². The molecule has 1 unspecified atom stereocenters. The van der Waals surface area contributed by atoms with E-state index in [0.717, 1.165) is 27.6 Å². The van der Waals surface area contributed by atoms with Gasteiger partial charge in [-0.1, -0.05) is 84.4 Å². The summed E-state index contributed by atoms with van der Waals surface area (Å²) < 4.78 is 5.75. The number of hydrogen-bond donors (Lipinski definition) is 0. The third-order valence-electron chi connectivity index (χ3n) is 7.60. The molecule has 0 saturated carbocycles. The largest absolute Gasteiger partial charge is 0.496 e. The number of rotatable bonds is 6. The van der Waals surface area contributed by atoms with Crippen LogP contribution in [0, 0.1) is 16.7 Å². The molecule has 6 heteroatoms. The quantitative estimate of drug-likeness (QED) is 0.289. The zero-order valence-electron chi connectivity index (χ0n) is 21.6. The van der Waals surface area contributed by atoms with Crippen LogP contribution in [0.5, 0.6) is 5.75 Å². The van der Waals surface area contributed by atoms with E-state index < -0.39 is 11.3 Å². The molecule has 1 heterocycles. The highest BCUT2D eigenvalue weighted by Gasteiger charge is 2.47. The van der Waals surface area contributed by atoms with E-state index in [2.05, 4.69) is 29.2 Å². The summed E-state index contributed by atoms with van der Waals surface area (Å²) in [6.45, 7) is 4.08.